The fourth-order valence-corrected chi connectivity index (χ4v) is 3.73. The van der Waals surface area contributed by atoms with Crippen LogP contribution in [0.1, 0.15) is 12.0 Å². The number of carbonyl (C=O) groups excluding carboxylic acids is 1. The molecule has 1 atom stereocenters. The van der Waals surface area contributed by atoms with Gasteiger partial charge in [0.1, 0.15) is 11.6 Å². The average Bonchev–Trinajstić information content (AvgIpc) is 3.25. The highest BCUT2D eigenvalue weighted by molar-refractivity contribution is 6.31. The van der Waals surface area contributed by atoms with Crippen molar-refractivity contribution in [3.63, 3.8) is 0 Å². The highest BCUT2D eigenvalue weighted by Gasteiger charge is 2.28. The molecule has 5 nitrogen and oxygen atoms in total. The second-order valence-electron chi connectivity index (χ2n) is 7.34. The first kappa shape index (κ1) is 18.4. The van der Waals surface area contributed by atoms with Gasteiger partial charge in [0.25, 0.3) is 5.91 Å². The SMILES string of the molecule is CN(C)C1CCN(c2ccc(N/C=C3\C(=O)Nc4cccc(F)c43)cc2F)C1. The molecule has 2 aliphatic heterocycles. The van der Waals surface area contributed by atoms with E-state index >= 15 is 0 Å². The summed E-state index contributed by atoms with van der Waals surface area (Å²) < 4.78 is 28.7. The van der Waals surface area contributed by atoms with Crippen molar-refractivity contribution in [2.75, 3.05) is 42.7 Å². The normalized spacial score (nSPS) is 20.0. The van der Waals surface area contributed by atoms with E-state index in [2.05, 4.69) is 15.5 Å². The van der Waals surface area contributed by atoms with E-state index in [9.17, 15) is 13.6 Å². The van der Waals surface area contributed by atoms with Crippen LogP contribution in [0.15, 0.2) is 42.6 Å². The third kappa shape index (κ3) is 3.33. The molecule has 0 aliphatic carbocycles. The minimum Gasteiger partial charge on any atom is -0.368 e. The molecule has 2 aromatic carbocycles. The summed E-state index contributed by atoms with van der Waals surface area (Å²) in [7, 11) is 4.07. The fraction of sp³-hybridized carbons (Fsp3) is 0.286. The first-order chi connectivity index (χ1) is 13.4. The maximum atomic E-state index is 14.7. The Morgan fingerprint density at radius 1 is 1.21 bits per heavy atom. The van der Waals surface area contributed by atoms with Crippen molar-refractivity contribution in [2.45, 2.75) is 12.5 Å². The molecule has 2 N–H and O–H groups in total. The third-order valence-corrected chi connectivity index (χ3v) is 5.34. The topological polar surface area (TPSA) is 47.6 Å². The van der Waals surface area contributed by atoms with E-state index in [1.54, 1.807) is 18.2 Å². The smallest absolute Gasteiger partial charge is 0.257 e. The van der Waals surface area contributed by atoms with Gasteiger partial charge in [0.15, 0.2) is 0 Å². The predicted octanol–water partition coefficient (Wildman–Crippen LogP) is 3.51. The molecule has 4 rings (SSSR count). The summed E-state index contributed by atoms with van der Waals surface area (Å²) in [6, 6.07) is 9.78. The molecular weight excluding hydrogens is 362 g/mol. The number of carbonyl (C=O) groups is 1. The lowest BCUT2D eigenvalue weighted by Gasteiger charge is -2.22. The molecule has 0 spiro atoms. The number of benzene rings is 2. The van der Waals surface area contributed by atoms with Crippen LogP contribution >= 0.6 is 0 Å². The number of nitrogens with one attached hydrogen (secondary N) is 2. The van der Waals surface area contributed by atoms with Crippen molar-refractivity contribution in [3.8, 4) is 0 Å². The van der Waals surface area contributed by atoms with Crippen LogP contribution in [0.3, 0.4) is 0 Å². The van der Waals surface area contributed by atoms with Gasteiger partial charge in [-0.1, -0.05) is 6.07 Å². The molecule has 0 aromatic heterocycles. The number of rotatable bonds is 4. The lowest BCUT2D eigenvalue weighted by atomic mass is 10.1. The third-order valence-electron chi connectivity index (χ3n) is 5.34. The maximum Gasteiger partial charge on any atom is 0.257 e. The molecule has 0 bridgehead atoms. The number of hydrogen-bond donors (Lipinski definition) is 2. The van der Waals surface area contributed by atoms with Crippen molar-refractivity contribution < 1.29 is 13.6 Å². The number of anilines is 3. The highest BCUT2D eigenvalue weighted by Crippen LogP contribution is 2.34. The number of fused-ring (bicyclic) bond motifs is 1. The second-order valence-corrected chi connectivity index (χ2v) is 7.34. The maximum absolute atomic E-state index is 14.7. The minimum atomic E-state index is -0.477. The standard InChI is InChI=1S/C21H22F2N4O/c1-26(2)14-8-9-27(12-14)19-7-6-13(10-17(19)23)24-11-15-20-16(22)4-3-5-18(20)25-21(15)28/h3-7,10-11,14,24H,8-9,12H2,1-2H3,(H,25,28)/b15-11-. The Hall–Kier alpha value is -2.93. The van der Waals surface area contributed by atoms with E-state index in [1.165, 1.54) is 24.4 Å². The summed E-state index contributed by atoms with van der Waals surface area (Å²) in [4.78, 5) is 16.3. The molecule has 0 radical (unpaired) electrons. The minimum absolute atomic E-state index is 0.186. The Morgan fingerprint density at radius 2 is 2.04 bits per heavy atom. The van der Waals surface area contributed by atoms with Gasteiger partial charge in [-0.05, 0) is 50.8 Å². The number of nitrogens with zero attached hydrogens (tertiary/aromatic N) is 2. The predicted molar refractivity (Wildman–Crippen MR) is 107 cm³/mol. The Bertz CT molecular complexity index is 957. The Balaban J connectivity index is 1.52. The van der Waals surface area contributed by atoms with E-state index in [4.69, 9.17) is 0 Å². The van der Waals surface area contributed by atoms with Gasteiger partial charge >= 0.3 is 0 Å². The second kappa shape index (κ2) is 7.24. The molecule has 2 heterocycles. The zero-order valence-corrected chi connectivity index (χ0v) is 15.8. The number of likely N-dealkylation sites (N-methyl/N-ethyl adjacent to an activating group) is 1. The van der Waals surface area contributed by atoms with Gasteiger partial charge < -0.3 is 20.4 Å². The molecule has 28 heavy (non-hydrogen) atoms. The van der Waals surface area contributed by atoms with Crippen LogP contribution in [0.2, 0.25) is 0 Å². The van der Waals surface area contributed by atoms with Gasteiger partial charge in [-0.3, -0.25) is 4.79 Å². The number of halogens is 2. The lowest BCUT2D eigenvalue weighted by molar-refractivity contribution is -0.110. The van der Waals surface area contributed by atoms with E-state index in [0.29, 0.717) is 23.1 Å². The highest BCUT2D eigenvalue weighted by atomic mass is 19.1. The van der Waals surface area contributed by atoms with Crippen molar-refractivity contribution in [2.24, 2.45) is 0 Å². The number of hydrogen-bond acceptors (Lipinski definition) is 4. The lowest BCUT2D eigenvalue weighted by Crippen LogP contribution is -2.31. The quantitative estimate of drug-likeness (QED) is 0.792. The van der Waals surface area contributed by atoms with Crippen LogP contribution < -0.4 is 15.5 Å². The number of amides is 1. The molecule has 1 saturated heterocycles. The van der Waals surface area contributed by atoms with Crippen LogP contribution in [0.5, 0.6) is 0 Å². The molecular formula is C21H22F2N4O. The molecule has 0 saturated carbocycles. The Morgan fingerprint density at radius 3 is 2.75 bits per heavy atom. The van der Waals surface area contributed by atoms with Crippen LogP contribution in [0.25, 0.3) is 5.57 Å². The monoisotopic (exact) mass is 384 g/mol. The van der Waals surface area contributed by atoms with Crippen LogP contribution in [-0.2, 0) is 4.79 Å². The van der Waals surface area contributed by atoms with Crippen molar-refractivity contribution in [3.05, 3.63) is 59.8 Å². The molecule has 1 unspecified atom stereocenters. The average molecular weight is 384 g/mol. The first-order valence-electron chi connectivity index (χ1n) is 9.22. The van der Waals surface area contributed by atoms with Crippen LogP contribution in [0.4, 0.5) is 25.8 Å². The Kier molecular flexibility index (Phi) is 4.77. The zero-order valence-electron chi connectivity index (χ0n) is 15.8. The largest absolute Gasteiger partial charge is 0.368 e. The van der Waals surface area contributed by atoms with Crippen molar-refractivity contribution >= 4 is 28.5 Å². The van der Waals surface area contributed by atoms with Gasteiger partial charge in [-0.15, -0.1) is 0 Å². The van der Waals surface area contributed by atoms with Gasteiger partial charge in [0.2, 0.25) is 0 Å². The molecule has 1 amide bonds. The molecule has 2 aromatic rings. The van der Waals surface area contributed by atoms with Crippen LogP contribution in [-0.4, -0.2) is 44.0 Å². The summed E-state index contributed by atoms with van der Waals surface area (Å²) in [5.41, 5.74) is 1.91. The van der Waals surface area contributed by atoms with Crippen molar-refractivity contribution in [1.29, 1.82) is 0 Å². The summed E-state index contributed by atoms with van der Waals surface area (Å²) in [5, 5.41) is 5.54. The molecule has 2 aliphatic rings. The van der Waals surface area contributed by atoms with Crippen molar-refractivity contribution in [1.82, 2.24) is 4.90 Å². The summed E-state index contributed by atoms with van der Waals surface area (Å²) >= 11 is 0. The summed E-state index contributed by atoms with van der Waals surface area (Å²) in [6.45, 7) is 1.60. The van der Waals surface area contributed by atoms with Gasteiger partial charge in [0, 0.05) is 36.6 Å². The zero-order chi connectivity index (χ0) is 19.8. The van der Waals surface area contributed by atoms with Gasteiger partial charge in [-0.25, -0.2) is 8.78 Å². The molecule has 7 heteroatoms. The van der Waals surface area contributed by atoms with E-state index < -0.39 is 11.7 Å². The summed E-state index contributed by atoms with van der Waals surface area (Å²) in [5.74, 6) is -1.20. The molecule has 1 fully saturated rings. The van der Waals surface area contributed by atoms with Crippen LogP contribution in [0, 0.1) is 11.6 Å². The van der Waals surface area contributed by atoms with Gasteiger partial charge in [-0.2, -0.15) is 0 Å². The molecule has 146 valence electrons. The first-order valence-corrected chi connectivity index (χ1v) is 9.22. The van der Waals surface area contributed by atoms with E-state index in [1.807, 2.05) is 19.0 Å². The van der Waals surface area contributed by atoms with E-state index in [-0.39, 0.29) is 17.0 Å². The van der Waals surface area contributed by atoms with Gasteiger partial charge in [0.05, 0.1) is 16.9 Å². The Labute approximate surface area is 162 Å². The summed E-state index contributed by atoms with van der Waals surface area (Å²) in [6.07, 6.45) is 2.41. The van der Waals surface area contributed by atoms with E-state index in [0.717, 1.165) is 19.5 Å². The fourth-order valence-electron chi connectivity index (χ4n) is 3.73.